The molecule has 0 N–H and O–H groups in total. The number of allylic oxidation sites excluding steroid dienone is 4. The summed E-state index contributed by atoms with van der Waals surface area (Å²) >= 11 is 0. The Morgan fingerprint density at radius 1 is 0.680 bits per heavy atom. The van der Waals surface area contributed by atoms with Crippen molar-refractivity contribution < 1.29 is 46.5 Å². The average molecular weight is 398 g/mol. The minimum atomic E-state index is -0.301. The van der Waals surface area contributed by atoms with Crippen molar-refractivity contribution in [2.45, 2.75) is 65.2 Å². The first-order valence-corrected chi connectivity index (χ1v) is 8.26. The molecule has 1 radical (unpaired) electrons. The number of hydrogen-bond donors (Lipinski definition) is 0. The molecule has 0 aromatic carbocycles. The van der Waals surface area contributed by atoms with E-state index in [1.54, 1.807) is 13.8 Å². The molecule has 2 aliphatic carbocycles. The van der Waals surface area contributed by atoms with Crippen LogP contribution in [0.3, 0.4) is 0 Å². The maximum Gasteiger partial charge on any atom is 2.00 e. The Hall–Kier alpha value is -1.72. The van der Waals surface area contributed by atoms with Crippen molar-refractivity contribution in [3.05, 3.63) is 22.7 Å². The van der Waals surface area contributed by atoms with Gasteiger partial charge in [0.25, 0.3) is 0 Å². The van der Waals surface area contributed by atoms with E-state index in [1.807, 2.05) is 0 Å². The molecule has 0 heterocycles. The molecule has 0 amide bonds. The van der Waals surface area contributed by atoms with Gasteiger partial charge >= 0.3 is 17.1 Å². The van der Waals surface area contributed by atoms with Gasteiger partial charge in [-0.2, -0.15) is 0 Å². The molecule has 7 heteroatoms. The molecule has 0 aromatic rings. The summed E-state index contributed by atoms with van der Waals surface area (Å²) in [5, 5.41) is 22.2. The number of ketones is 4. The average Bonchev–Trinajstić information content (AvgIpc) is 2.54. The molecule has 2 saturated carbocycles. The number of carbonyl (C=O) groups excluding carboxylic acids is 4. The van der Waals surface area contributed by atoms with Gasteiger partial charge in [-0.15, -0.1) is 11.5 Å². The largest absolute Gasteiger partial charge is 2.00 e. The van der Waals surface area contributed by atoms with Crippen molar-refractivity contribution in [2.75, 3.05) is 0 Å². The van der Waals surface area contributed by atoms with Crippen molar-refractivity contribution in [3.8, 4) is 0 Å². The number of carbonyl (C=O) groups is 4. The normalized spacial score (nSPS) is 17.5. The van der Waals surface area contributed by atoms with Crippen LogP contribution in [0.2, 0.25) is 0 Å². The van der Waals surface area contributed by atoms with E-state index in [0.717, 1.165) is 0 Å². The van der Waals surface area contributed by atoms with E-state index >= 15 is 0 Å². The molecule has 0 aliphatic heterocycles. The van der Waals surface area contributed by atoms with E-state index in [2.05, 4.69) is 0 Å². The zero-order valence-corrected chi connectivity index (χ0v) is 15.3. The molecule has 6 nitrogen and oxygen atoms in total. The molecule has 0 spiro atoms. The minimum absolute atomic E-state index is 0. The molecule has 2 rings (SSSR count). The molecule has 0 aromatic heterocycles. The van der Waals surface area contributed by atoms with Crippen LogP contribution in [0.15, 0.2) is 22.7 Å². The summed E-state index contributed by atoms with van der Waals surface area (Å²) in [7, 11) is 0. The predicted octanol–water partition coefficient (Wildman–Crippen LogP) is 0.663. The molecule has 141 valence electrons. The van der Waals surface area contributed by atoms with Crippen molar-refractivity contribution in [3.63, 3.8) is 0 Å². The van der Waals surface area contributed by atoms with E-state index < -0.39 is 0 Å². The Kier molecular flexibility index (Phi) is 10.2. The van der Waals surface area contributed by atoms with Gasteiger partial charge in [0, 0.05) is 36.8 Å². The van der Waals surface area contributed by atoms with Gasteiger partial charge in [0.15, 0.2) is 23.1 Å². The van der Waals surface area contributed by atoms with E-state index in [1.165, 1.54) is 0 Å². The van der Waals surface area contributed by atoms with Crippen LogP contribution >= 0.6 is 0 Å². The summed E-state index contributed by atoms with van der Waals surface area (Å²) in [6, 6.07) is 0. The molecule has 0 unspecified atom stereocenters. The van der Waals surface area contributed by atoms with Gasteiger partial charge in [-0.3, -0.25) is 19.2 Å². The van der Waals surface area contributed by atoms with E-state index in [9.17, 15) is 29.4 Å². The molecule has 0 atom stereocenters. The topological polar surface area (TPSA) is 114 Å². The monoisotopic (exact) mass is 397 g/mol. The quantitative estimate of drug-likeness (QED) is 0.292. The predicted molar refractivity (Wildman–Crippen MR) is 82.4 cm³/mol. The third-order valence-corrected chi connectivity index (χ3v) is 3.93. The summed E-state index contributed by atoms with van der Waals surface area (Å²) < 4.78 is 0. The third-order valence-electron chi connectivity index (χ3n) is 3.93. The number of rotatable bonds is 2. The molecular weight excluding hydrogens is 376 g/mol. The van der Waals surface area contributed by atoms with Gasteiger partial charge in [0.1, 0.15) is 0 Å². The molecule has 2 aliphatic rings. The number of hydrogen-bond acceptors (Lipinski definition) is 6. The molecule has 25 heavy (non-hydrogen) atoms. The smallest absolute Gasteiger partial charge is 0.875 e. The van der Waals surface area contributed by atoms with Crippen molar-refractivity contribution in [1.29, 1.82) is 0 Å². The Morgan fingerprint density at radius 2 is 0.920 bits per heavy atom. The molecular formula is C18H22CuO6. The molecule has 0 saturated heterocycles. The second-order valence-corrected chi connectivity index (χ2v) is 5.70. The van der Waals surface area contributed by atoms with Crippen molar-refractivity contribution >= 4 is 23.1 Å². The summed E-state index contributed by atoms with van der Waals surface area (Å²) in [5.41, 5.74) is -0.132. The summed E-state index contributed by atoms with van der Waals surface area (Å²) in [6.07, 6.45) is 3.09. The summed E-state index contributed by atoms with van der Waals surface area (Å²) in [5.74, 6) is -1.66. The Labute approximate surface area is 157 Å². The molecule has 0 bridgehead atoms. The van der Waals surface area contributed by atoms with Crippen molar-refractivity contribution in [1.82, 2.24) is 0 Å². The van der Waals surface area contributed by atoms with Gasteiger partial charge in [-0.05, 0) is 25.7 Å². The van der Waals surface area contributed by atoms with Gasteiger partial charge in [-0.1, -0.05) is 13.8 Å². The zero-order chi connectivity index (χ0) is 18.3. The van der Waals surface area contributed by atoms with Crippen LogP contribution in [0.4, 0.5) is 0 Å². The second-order valence-electron chi connectivity index (χ2n) is 5.70. The Bertz CT molecular complexity index is 525. The maximum absolute atomic E-state index is 11.1. The minimum Gasteiger partial charge on any atom is -0.875 e. The van der Waals surface area contributed by atoms with Crippen LogP contribution in [0.1, 0.15) is 65.2 Å². The van der Waals surface area contributed by atoms with Crippen molar-refractivity contribution in [2.24, 2.45) is 0 Å². The third kappa shape index (κ3) is 6.25. The number of Topliss-reactive ketones (excluding diaryl/α,β-unsaturated/α-hetero) is 4. The van der Waals surface area contributed by atoms with E-state index in [-0.39, 0.29) is 75.7 Å². The fourth-order valence-corrected chi connectivity index (χ4v) is 2.61. The van der Waals surface area contributed by atoms with E-state index in [0.29, 0.717) is 38.5 Å². The van der Waals surface area contributed by atoms with Crippen LogP contribution in [0, 0.1) is 0 Å². The first-order valence-electron chi connectivity index (χ1n) is 8.26. The molecule has 2 fully saturated rings. The standard InChI is InChI=1S/2C9H12O3.Cu/c2*1-2-6(10)9-7(11)4-3-5-8(9)12;/h2*10H,2-5H2,1H3;/q;;+2/p-2. The maximum atomic E-state index is 11.1. The van der Waals surface area contributed by atoms with Gasteiger partial charge in [-0.25, -0.2) is 0 Å². The Balaban J connectivity index is 0.000000443. The van der Waals surface area contributed by atoms with Gasteiger partial charge < -0.3 is 10.2 Å². The summed E-state index contributed by atoms with van der Waals surface area (Å²) in [4.78, 5) is 44.5. The fourth-order valence-electron chi connectivity index (χ4n) is 2.61. The van der Waals surface area contributed by atoms with Crippen LogP contribution in [-0.4, -0.2) is 23.1 Å². The first kappa shape index (κ1) is 23.3. The zero-order valence-electron chi connectivity index (χ0n) is 14.4. The summed E-state index contributed by atoms with van der Waals surface area (Å²) in [6.45, 7) is 3.31. The van der Waals surface area contributed by atoms with Crippen LogP contribution < -0.4 is 10.2 Å². The Morgan fingerprint density at radius 3 is 1.12 bits per heavy atom. The first-order chi connectivity index (χ1) is 11.3. The van der Waals surface area contributed by atoms with Crippen LogP contribution in [-0.2, 0) is 36.2 Å². The SMILES string of the molecule is CCC([O-])=C1C(=O)CCCC1=O.CCC([O-])=C1C(=O)CCCC1=O.[Cu+2]. The van der Waals surface area contributed by atoms with Crippen LogP contribution in [0.5, 0.6) is 0 Å². The fraction of sp³-hybridized carbons (Fsp3) is 0.556. The van der Waals surface area contributed by atoms with E-state index in [4.69, 9.17) is 0 Å². The van der Waals surface area contributed by atoms with Crippen LogP contribution in [0.25, 0.3) is 0 Å². The van der Waals surface area contributed by atoms with Gasteiger partial charge in [0.05, 0.1) is 0 Å². The van der Waals surface area contributed by atoms with Gasteiger partial charge in [0.2, 0.25) is 0 Å². The second kappa shape index (κ2) is 11.0.